The number of carbonyl (C=O) groups excluding carboxylic acids is 1. The van der Waals surface area contributed by atoms with Gasteiger partial charge >= 0.3 is 5.97 Å². The van der Waals surface area contributed by atoms with Gasteiger partial charge in [0.1, 0.15) is 17.2 Å². The van der Waals surface area contributed by atoms with Crippen molar-refractivity contribution in [2.75, 3.05) is 11.9 Å². The number of hydrogen-bond acceptors (Lipinski definition) is 6. The van der Waals surface area contributed by atoms with Crippen LogP contribution < -0.4 is 14.8 Å². The fraction of sp³-hybridized carbons (Fsp3) is 0.111. The maximum atomic E-state index is 12.7. The predicted molar refractivity (Wildman–Crippen MR) is 144 cm³/mol. The maximum absolute atomic E-state index is 12.7. The van der Waals surface area contributed by atoms with Crippen LogP contribution in [0, 0.1) is 0 Å². The molecule has 0 saturated heterocycles. The third kappa shape index (κ3) is 5.52. The Kier molecular flexibility index (Phi) is 7.37. The monoisotopic (exact) mass is 569 g/mol. The average molecular weight is 571 g/mol. The van der Waals surface area contributed by atoms with Crippen molar-refractivity contribution >= 4 is 52.5 Å². The summed E-state index contributed by atoms with van der Waals surface area (Å²) in [5.74, 6) is -0.551. The molecule has 0 radical (unpaired) electrons. The molecule has 0 fully saturated rings. The number of benzene rings is 3. The van der Waals surface area contributed by atoms with E-state index in [2.05, 4.69) is 15.5 Å². The van der Waals surface area contributed by atoms with Gasteiger partial charge in [-0.2, -0.15) is 0 Å². The molecule has 8 nitrogen and oxygen atoms in total. The highest BCUT2D eigenvalue weighted by molar-refractivity contribution is 6.42. The number of amides is 1. The van der Waals surface area contributed by atoms with Gasteiger partial charge in [-0.15, -0.1) is 10.2 Å². The summed E-state index contributed by atoms with van der Waals surface area (Å²) in [6, 6.07) is 18.0. The molecule has 1 atom stereocenters. The minimum absolute atomic E-state index is 0.255. The van der Waals surface area contributed by atoms with E-state index in [-0.39, 0.29) is 23.4 Å². The van der Waals surface area contributed by atoms with Gasteiger partial charge in [-0.05, 0) is 61.0 Å². The van der Waals surface area contributed by atoms with Crippen molar-refractivity contribution in [3.05, 3.63) is 92.9 Å². The minimum Gasteiger partial charge on any atom is -0.493 e. The van der Waals surface area contributed by atoms with Crippen molar-refractivity contribution in [2.45, 2.75) is 12.3 Å². The van der Waals surface area contributed by atoms with Crippen LogP contribution >= 0.6 is 34.8 Å². The van der Waals surface area contributed by atoms with Crippen LogP contribution in [0.3, 0.4) is 0 Å². The lowest BCUT2D eigenvalue weighted by atomic mass is 9.93. The Bertz CT molecular complexity index is 1530. The normalized spacial score (nSPS) is 14.2. The van der Waals surface area contributed by atoms with E-state index in [4.69, 9.17) is 44.3 Å². The van der Waals surface area contributed by atoms with Crippen LogP contribution in [0.1, 0.15) is 28.3 Å². The summed E-state index contributed by atoms with van der Waals surface area (Å²) in [5.41, 5.74) is 2.21. The van der Waals surface area contributed by atoms with Crippen LogP contribution in [0.2, 0.25) is 15.1 Å². The lowest BCUT2D eigenvalue weighted by Crippen LogP contribution is -2.20. The Hall–Kier alpha value is -3.85. The van der Waals surface area contributed by atoms with Crippen molar-refractivity contribution in [3.63, 3.8) is 0 Å². The smallest absolute Gasteiger partial charge is 0.311 e. The zero-order chi connectivity index (χ0) is 26.8. The van der Waals surface area contributed by atoms with E-state index in [0.29, 0.717) is 50.5 Å². The third-order valence-corrected chi connectivity index (χ3v) is 6.90. The zero-order valence-electron chi connectivity index (χ0n) is 19.5. The molecule has 192 valence electrons. The zero-order valence-corrected chi connectivity index (χ0v) is 21.7. The second-order valence-corrected chi connectivity index (χ2v) is 9.58. The largest absolute Gasteiger partial charge is 0.493 e. The number of fused-ring (bicyclic) bond motifs is 1. The highest BCUT2D eigenvalue weighted by Gasteiger charge is 2.29. The van der Waals surface area contributed by atoms with E-state index in [1.807, 2.05) is 0 Å². The topological polar surface area (TPSA) is 111 Å². The average Bonchev–Trinajstić information content (AvgIpc) is 2.91. The molecule has 0 spiro atoms. The summed E-state index contributed by atoms with van der Waals surface area (Å²) in [5, 5.41) is 21.4. The number of hydrogen-bond donors (Lipinski definition) is 2. The first-order valence-corrected chi connectivity index (χ1v) is 12.5. The van der Waals surface area contributed by atoms with Crippen molar-refractivity contribution in [3.8, 4) is 28.5 Å². The fourth-order valence-electron chi connectivity index (χ4n) is 3.92. The molecule has 1 amide bonds. The molecule has 2 N–H and O–H groups in total. The van der Waals surface area contributed by atoms with Gasteiger partial charge in [0.05, 0.1) is 33.3 Å². The molecule has 2 heterocycles. The first-order chi connectivity index (χ1) is 18.3. The molecule has 11 heteroatoms. The summed E-state index contributed by atoms with van der Waals surface area (Å²) in [6.45, 7) is 0.289. The van der Waals surface area contributed by atoms with Crippen molar-refractivity contribution in [2.24, 2.45) is 0 Å². The summed E-state index contributed by atoms with van der Waals surface area (Å²) >= 11 is 18.4. The minimum atomic E-state index is -0.929. The molecular formula is C27H18Cl3N3O5. The molecule has 3 aromatic carbocycles. The number of aromatic nitrogens is 2. The van der Waals surface area contributed by atoms with Crippen LogP contribution in [0.5, 0.6) is 17.2 Å². The number of carboxylic acid groups (broad SMARTS) is 1. The van der Waals surface area contributed by atoms with Crippen LogP contribution in [0.15, 0.2) is 66.7 Å². The first-order valence-electron chi connectivity index (χ1n) is 11.4. The van der Waals surface area contributed by atoms with Gasteiger partial charge < -0.3 is 19.9 Å². The summed E-state index contributed by atoms with van der Waals surface area (Å²) in [4.78, 5) is 24.2. The highest BCUT2D eigenvalue weighted by atomic mass is 35.5. The Labute approximate surface area is 232 Å². The molecule has 5 rings (SSSR count). The van der Waals surface area contributed by atoms with Gasteiger partial charge in [0.15, 0.2) is 5.82 Å². The molecule has 4 aromatic rings. The number of nitrogens with one attached hydrogen (secondary N) is 1. The molecule has 0 saturated carbocycles. The molecule has 1 aromatic heterocycles. The van der Waals surface area contributed by atoms with Crippen LogP contribution in [0.25, 0.3) is 11.3 Å². The number of anilines is 1. The van der Waals surface area contributed by atoms with Crippen LogP contribution in [0.4, 0.5) is 5.82 Å². The number of carboxylic acids is 1. The van der Waals surface area contributed by atoms with E-state index < -0.39 is 11.9 Å². The van der Waals surface area contributed by atoms with Gasteiger partial charge in [-0.3, -0.25) is 9.59 Å². The van der Waals surface area contributed by atoms with E-state index >= 15 is 0 Å². The lowest BCUT2D eigenvalue weighted by molar-refractivity contribution is -0.139. The Morgan fingerprint density at radius 2 is 1.71 bits per heavy atom. The number of halogens is 3. The van der Waals surface area contributed by atoms with Gasteiger partial charge in [0.2, 0.25) is 0 Å². The van der Waals surface area contributed by atoms with E-state index in [1.165, 1.54) is 0 Å². The summed E-state index contributed by atoms with van der Waals surface area (Å²) < 4.78 is 11.5. The number of carbonyl (C=O) groups is 2. The van der Waals surface area contributed by atoms with Gasteiger partial charge in [-0.25, -0.2) is 0 Å². The number of ether oxygens (including phenoxy) is 2. The lowest BCUT2D eigenvalue weighted by Gasteiger charge is -2.24. The van der Waals surface area contributed by atoms with Gasteiger partial charge in [0.25, 0.3) is 5.91 Å². The molecule has 0 aliphatic carbocycles. The molecule has 38 heavy (non-hydrogen) atoms. The molecule has 0 bridgehead atoms. The summed E-state index contributed by atoms with van der Waals surface area (Å²) in [6.07, 6.45) is 0.370. The second kappa shape index (κ2) is 10.9. The molecule has 1 aliphatic rings. The Morgan fingerprint density at radius 3 is 2.39 bits per heavy atom. The Balaban J connectivity index is 1.25. The summed E-state index contributed by atoms with van der Waals surface area (Å²) in [7, 11) is 0. The third-order valence-electron chi connectivity index (χ3n) is 5.87. The number of rotatable bonds is 6. The van der Waals surface area contributed by atoms with E-state index in [1.54, 1.807) is 66.7 Å². The van der Waals surface area contributed by atoms with Crippen LogP contribution in [-0.2, 0) is 4.79 Å². The van der Waals surface area contributed by atoms with E-state index in [9.17, 15) is 14.7 Å². The van der Waals surface area contributed by atoms with Crippen molar-refractivity contribution in [1.29, 1.82) is 0 Å². The fourth-order valence-corrected chi connectivity index (χ4v) is 4.43. The second-order valence-electron chi connectivity index (χ2n) is 8.36. The number of aliphatic carboxylic acids is 1. The van der Waals surface area contributed by atoms with Gasteiger partial charge in [0, 0.05) is 22.8 Å². The Morgan fingerprint density at radius 1 is 0.921 bits per heavy atom. The first kappa shape index (κ1) is 25.8. The molecular weight excluding hydrogens is 553 g/mol. The SMILES string of the molecule is O=C(Nc1ccc(-c2ccc(Cl)c(Cl)c2)nn1)c1ccc(Oc2cc3c(cc2Cl)C(C(=O)O)CCO3)cc1. The predicted octanol–water partition coefficient (Wildman–Crippen LogP) is 7.10. The molecule has 1 unspecified atom stereocenters. The molecule has 1 aliphatic heterocycles. The van der Waals surface area contributed by atoms with Crippen LogP contribution in [-0.4, -0.2) is 33.8 Å². The standard InChI is InChI=1S/C27H18Cl3N3O5/c28-19-6-3-15(11-20(19)29)22-7-8-25(33-32-22)31-26(34)14-1-4-16(5-2-14)38-24-13-23-18(12-21(24)30)17(27(35)36)9-10-37-23/h1-8,11-13,17H,9-10H2,(H,35,36)(H,31,33,34). The van der Waals surface area contributed by atoms with Crippen molar-refractivity contribution in [1.82, 2.24) is 10.2 Å². The van der Waals surface area contributed by atoms with Gasteiger partial charge in [-0.1, -0.05) is 40.9 Å². The quantitative estimate of drug-likeness (QED) is 0.254. The number of nitrogens with zero attached hydrogens (tertiary/aromatic N) is 2. The van der Waals surface area contributed by atoms with E-state index in [0.717, 1.165) is 5.56 Å². The van der Waals surface area contributed by atoms with Crippen molar-refractivity contribution < 1.29 is 24.2 Å². The highest BCUT2D eigenvalue weighted by Crippen LogP contribution is 2.41. The maximum Gasteiger partial charge on any atom is 0.311 e.